The van der Waals surface area contributed by atoms with Crippen LogP contribution >= 0.6 is 0 Å². The molecular formula is C12H12FN3. The summed E-state index contributed by atoms with van der Waals surface area (Å²) >= 11 is 0. The average molecular weight is 217 g/mol. The normalized spacial score (nSPS) is 10.1. The number of benzene rings is 1. The Labute approximate surface area is 93.6 Å². The van der Waals surface area contributed by atoms with Crippen LogP contribution in [0.5, 0.6) is 0 Å². The van der Waals surface area contributed by atoms with Crippen LogP contribution in [-0.2, 0) is 6.54 Å². The molecule has 0 bridgehead atoms. The molecule has 0 amide bonds. The molecule has 4 heteroatoms. The number of halogens is 1. The van der Waals surface area contributed by atoms with Gasteiger partial charge in [0.2, 0.25) is 0 Å². The fraction of sp³-hybridized carbons (Fsp3) is 0.167. The van der Waals surface area contributed by atoms with Gasteiger partial charge in [0.1, 0.15) is 11.6 Å². The Morgan fingerprint density at radius 2 is 2.06 bits per heavy atom. The minimum Gasteiger partial charge on any atom is -0.354 e. The maximum absolute atomic E-state index is 13.4. The zero-order chi connectivity index (χ0) is 11.4. The van der Waals surface area contributed by atoms with E-state index in [1.54, 1.807) is 30.7 Å². The molecular weight excluding hydrogens is 205 g/mol. The molecule has 0 fully saturated rings. The number of nitrogens with zero attached hydrogens (tertiary/aromatic N) is 3. The van der Waals surface area contributed by atoms with E-state index in [4.69, 9.17) is 0 Å². The van der Waals surface area contributed by atoms with E-state index in [0.717, 1.165) is 5.82 Å². The molecule has 0 aliphatic carbocycles. The third kappa shape index (κ3) is 2.34. The second-order valence-corrected chi connectivity index (χ2v) is 3.51. The summed E-state index contributed by atoms with van der Waals surface area (Å²) in [5, 5.41) is 0. The van der Waals surface area contributed by atoms with Crippen molar-refractivity contribution in [3.05, 3.63) is 54.2 Å². The van der Waals surface area contributed by atoms with E-state index in [-0.39, 0.29) is 5.82 Å². The van der Waals surface area contributed by atoms with E-state index >= 15 is 0 Å². The van der Waals surface area contributed by atoms with Crippen molar-refractivity contribution in [2.24, 2.45) is 0 Å². The van der Waals surface area contributed by atoms with Crippen LogP contribution in [0, 0.1) is 5.82 Å². The molecule has 2 rings (SSSR count). The zero-order valence-electron chi connectivity index (χ0n) is 8.97. The van der Waals surface area contributed by atoms with Gasteiger partial charge in [0.25, 0.3) is 0 Å². The Hall–Kier alpha value is -1.97. The summed E-state index contributed by atoms with van der Waals surface area (Å²) in [5.74, 6) is 0.531. The van der Waals surface area contributed by atoms with Gasteiger partial charge in [-0.2, -0.15) is 0 Å². The maximum Gasteiger partial charge on any atom is 0.147 e. The second-order valence-electron chi connectivity index (χ2n) is 3.51. The third-order valence-corrected chi connectivity index (χ3v) is 2.31. The van der Waals surface area contributed by atoms with Crippen LogP contribution in [0.3, 0.4) is 0 Å². The minimum absolute atomic E-state index is 0.196. The molecule has 0 saturated heterocycles. The second kappa shape index (κ2) is 4.70. The Balaban J connectivity index is 2.14. The monoisotopic (exact) mass is 217 g/mol. The quantitative estimate of drug-likeness (QED) is 0.789. The summed E-state index contributed by atoms with van der Waals surface area (Å²) < 4.78 is 13.4. The molecule has 0 atom stereocenters. The van der Waals surface area contributed by atoms with Gasteiger partial charge < -0.3 is 4.90 Å². The van der Waals surface area contributed by atoms with Gasteiger partial charge in [0.15, 0.2) is 0 Å². The molecule has 0 aliphatic heterocycles. The topological polar surface area (TPSA) is 29.0 Å². The van der Waals surface area contributed by atoms with Crippen LogP contribution < -0.4 is 4.90 Å². The van der Waals surface area contributed by atoms with Crippen molar-refractivity contribution in [2.45, 2.75) is 6.54 Å². The highest BCUT2D eigenvalue weighted by molar-refractivity contribution is 5.35. The summed E-state index contributed by atoms with van der Waals surface area (Å²) in [6.07, 6.45) is 4.88. The zero-order valence-corrected chi connectivity index (χ0v) is 8.97. The minimum atomic E-state index is -0.196. The molecule has 0 saturated carbocycles. The van der Waals surface area contributed by atoms with Crippen molar-refractivity contribution >= 4 is 5.82 Å². The van der Waals surface area contributed by atoms with E-state index in [0.29, 0.717) is 12.1 Å². The van der Waals surface area contributed by atoms with Crippen LogP contribution in [0.4, 0.5) is 10.2 Å². The molecule has 0 radical (unpaired) electrons. The Morgan fingerprint density at radius 3 is 2.75 bits per heavy atom. The molecule has 0 N–H and O–H groups in total. The lowest BCUT2D eigenvalue weighted by molar-refractivity contribution is 0.607. The van der Waals surface area contributed by atoms with Crippen molar-refractivity contribution in [1.82, 2.24) is 9.97 Å². The number of rotatable bonds is 3. The van der Waals surface area contributed by atoms with Crippen LogP contribution in [0.15, 0.2) is 42.9 Å². The Bertz CT molecular complexity index is 459. The fourth-order valence-electron chi connectivity index (χ4n) is 1.45. The largest absolute Gasteiger partial charge is 0.354 e. The third-order valence-electron chi connectivity index (χ3n) is 2.31. The van der Waals surface area contributed by atoms with Gasteiger partial charge in [-0.3, -0.25) is 4.98 Å². The summed E-state index contributed by atoms with van der Waals surface area (Å²) in [6.45, 7) is 0.478. The SMILES string of the molecule is CN(Cc1ccccc1F)c1cnccn1. The highest BCUT2D eigenvalue weighted by atomic mass is 19.1. The van der Waals surface area contributed by atoms with Gasteiger partial charge in [-0.25, -0.2) is 9.37 Å². The van der Waals surface area contributed by atoms with Crippen LogP contribution in [0.25, 0.3) is 0 Å². The molecule has 0 spiro atoms. The molecule has 1 heterocycles. The summed E-state index contributed by atoms with van der Waals surface area (Å²) in [7, 11) is 1.86. The van der Waals surface area contributed by atoms with Gasteiger partial charge >= 0.3 is 0 Å². The first-order valence-corrected chi connectivity index (χ1v) is 4.98. The summed E-state index contributed by atoms with van der Waals surface area (Å²) in [6, 6.07) is 6.73. The van der Waals surface area contributed by atoms with Crippen LogP contribution in [0.1, 0.15) is 5.56 Å². The fourth-order valence-corrected chi connectivity index (χ4v) is 1.45. The van der Waals surface area contributed by atoms with Crippen molar-refractivity contribution < 1.29 is 4.39 Å². The van der Waals surface area contributed by atoms with Crippen molar-refractivity contribution in [2.75, 3.05) is 11.9 Å². The summed E-state index contributed by atoms with van der Waals surface area (Å²) in [5.41, 5.74) is 0.649. The standard InChI is InChI=1S/C12H12FN3/c1-16(12-8-14-6-7-15-12)9-10-4-2-3-5-11(10)13/h2-8H,9H2,1H3. The molecule has 3 nitrogen and oxygen atoms in total. The van der Waals surface area contributed by atoms with Crippen molar-refractivity contribution in [3.8, 4) is 0 Å². The number of aromatic nitrogens is 2. The lowest BCUT2D eigenvalue weighted by Gasteiger charge is -2.17. The molecule has 1 aromatic carbocycles. The van der Waals surface area contributed by atoms with E-state index in [2.05, 4.69) is 9.97 Å². The Morgan fingerprint density at radius 1 is 1.25 bits per heavy atom. The average Bonchev–Trinajstić information content (AvgIpc) is 2.33. The highest BCUT2D eigenvalue weighted by Gasteiger charge is 2.06. The summed E-state index contributed by atoms with van der Waals surface area (Å²) in [4.78, 5) is 9.97. The van der Waals surface area contributed by atoms with Gasteiger partial charge in [-0.1, -0.05) is 18.2 Å². The smallest absolute Gasteiger partial charge is 0.147 e. The van der Waals surface area contributed by atoms with Crippen molar-refractivity contribution in [1.29, 1.82) is 0 Å². The highest BCUT2D eigenvalue weighted by Crippen LogP contribution is 2.13. The van der Waals surface area contributed by atoms with Gasteiger partial charge in [-0.15, -0.1) is 0 Å². The predicted octanol–water partition coefficient (Wildman–Crippen LogP) is 2.25. The van der Waals surface area contributed by atoms with Gasteiger partial charge in [0.05, 0.1) is 6.20 Å². The van der Waals surface area contributed by atoms with E-state index in [9.17, 15) is 4.39 Å². The number of hydrogen-bond donors (Lipinski definition) is 0. The molecule has 16 heavy (non-hydrogen) atoms. The van der Waals surface area contributed by atoms with E-state index < -0.39 is 0 Å². The first-order chi connectivity index (χ1) is 7.77. The first-order valence-electron chi connectivity index (χ1n) is 4.98. The van der Waals surface area contributed by atoms with Crippen LogP contribution in [0.2, 0.25) is 0 Å². The lowest BCUT2D eigenvalue weighted by atomic mass is 10.2. The predicted molar refractivity (Wildman–Crippen MR) is 60.5 cm³/mol. The van der Waals surface area contributed by atoms with Crippen molar-refractivity contribution in [3.63, 3.8) is 0 Å². The number of anilines is 1. The van der Waals surface area contributed by atoms with E-state index in [1.807, 2.05) is 18.0 Å². The molecule has 0 unspecified atom stereocenters. The Kier molecular flexibility index (Phi) is 3.10. The maximum atomic E-state index is 13.4. The molecule has 1 aromatic heterocycles. The van der Waals surface area contributed by atoms with E-state index in [1.165, 1.54) is 6.07 Å². The molecule has 0 aliphatic rings. The van der Waals surface area contributed by atoms with Crippen LogP contribution in [-0.4, -0.2) is 17.0 Å². The first kappa shape index (κ1) is 10.5. The van der Waals surface area contributed by atoms with Gasteiger partial charge in [-0.05, 0) is 6.07 Å². The molecule has 2 aromatic rings. The lowest BCUT2D eigenvalue weighted by Crippen LogP contribution is -2.18. The molecule has 82 valence electrons. The van der Waals surface area contributed by atoms with Gasteiger partial charge in [0, 0.05) is 31.5 Å². The number of hydrogen-bond acceptors (Lipinski definition) is 3.